The van der Waals surface area contributed by atoms with Crippen molar-refractivity contribution < 1.29 is 9.84 Å². The van der Waals surface area contributed by atoms with Gasteiger partial charge in [-0.2, -0.15) is 4.98 Å². The minimum absolute atomic E-state index is 0.0614. The van der Waals surface area contributed by atoms with E-state index in [9.17, 15) is 9.90 Å². The van der Waals surface area contributed by atoms with Crippen molar-refractivity contribution in [2.24, 2.45) is 0 Å². The average molecular weight is 492 g/mol. The lowest BCUT2D eigenvalue weighted by molar-refractivity contribution is 0.0688. The van der Waals surface area contributed by atoms with E-state index in [0.29, 0.717) is 28.7 Å². The van der Waals surface area contributed by atoms with Crippen LogP contribution in [0, 0.1) is 20.8 Å². The van der Waals surface area contributed by atoms with Crippen LogP contribution in [-0.4, -0.2) is 29.6 Å². The van der Waals surface area contributed by atoms with Crippen molar-refractivity contribution in [3.05, 3.63) is 92.6 Å². The van der Waals surface area contributed by atoms with Crippen LogP contribution in [0.1, 0.15) is 42.4 Å². The van der Waals surface area contributed by atoms with Crippen LogP contribution in [0.15, 0.2) is 53.5 Å². The van der Waals surface area contributed by atoms with Gasteiger partial charge in [0.1, 0.15) is 18.0 Å². The molecule has 1 aromatic carbocycles. The maximum atomic E-state index is 13.2. The van der Waals surface area contributed by atoms with Crippen LogP contribution in [-0.2, 0) is 12.2 Å². The van der Waals surface area contributed by atoms with E-state index in [-0.39, 0.29) is 17.5 Å². The van der Waals surface area contributed by atoms with Crippen molar-refractivity contribution >= 4 is 11.6 Å². The number of aryl methyl sites for hydroxylation is 3. The van der Waals surface area contributed by atoms with Gasteiger partial charge in [-0.15, -0.1) is 0 Å². The number of ether oxygens (including phenoxy) is 1. The standard InChI is InChI=1S/C26H26ClN5O3/c1-15-13-28-25(26(4,5)34)31-22(15)18-9-7-11-20(12-18)32-17(3)30-23(21(27)24(32)33)35-14-19-10-6-8-16(2)29-19/h6-13,34H,14H2,1-5H3. The maximum absolute atomic E-state index is 13.2. The van der Waals surface area contributed by atoms with Crippen molar-refractivity contribution in [2.45, 2.75) is 46.8 Å². The third-order valence-electron chi connectivity index (χ3n) is 5.37. The fraction of sp³-hybridized carbons (Fsp3) is 0.269. The van der Waals surface area contributed by atoms with E-state index in [0.717, 1.165) is 16.8 Å². The highest BCUT2D eigenvalue weighted by molar-refractivity contribution is 6.31. The molecule has 0 aliphatic carbocycles. The number of hydrogen-bond acceptors (Lipinski definition) is 7. The Hall–Kier alpha value is -3.62. The number of benzene rings is 1. The molecule has 0 radical (unpaired) electrons. The molecule has 3 aromatic heterocycles. The number of hydrogen-bond donors (Lipinski definition) is 1. The van der Waals surface area contributed by atoms with Gasteiger partial charge in [0.2, 0.25) is 5.88 Å². The van der Waals surface area contributed by atoms with Gasteiger partial charge in [-0.05, 0) is 64.4 Å². The molecule has 4 aromatic rings. The van der Waals surface area contributed by atoms with Gasteiger partial charge in [0.05, 0.1) is 17.1 Å². The minimum atomic E-state index is -1.19. The van der Waals surface area contributed by atoms with E-state index in [1.165, 1.54) is 4.57 Å². The molecule has 35 heavy (non-hydrogen) atoms. The summed E-state index contributed by atoms with van der Waals surface area (Å²) in [6.45, 7) is 8.90. The molecule has 4 rings (SSSR count). The first-order valence-electron chi connectivity index (χ1n) is 11.1. The highest BCUT2D eigenvalue weighted by Gasteiger charge is 2.22. The van der Waals surface area contributed by atoms with Crippen LogP contribution in [0.2, 0.25) is 5.02 Å². The summed E-state index contributed by atoms with van der Waals surface area (Å²) in [4.78, 5) is 30.9. The fourth-order valence-corrected chi connectivity index (χ4v) is 3.81. The molecule has 0 unspecified atom stereocenters. The van der Waals surface area contributed by atoms with Gasteiger partial charge in [0.15, 0.2) is 10.8 Å². The number of pyridine rings is 1. The molecule has 1 N–H and O–H groups in total. The first-order chi connectivity index (χ1) is 16.5. The molecule has 0 fully saturated rings. The summed E-state index contributed by atoms with van der Waals surface area (Å²) >= 11 is 6.38. The molecule has 8 nitrogen and oxygen atoms in total. The molecule has 0 bridgehead atoms. The van der Waals surface area contributed by atoms with E-state index in [1.54, 1.807) is 33.0 Å². The quantitative estimate of drug-likeness (QED) is 0.424. The second kappa shape index (κ2) is 9.56. The molecule has 0 aliphatic heterocycles. The Morgan fingerprint density at radius 1 is 1.06 bits per heavy atom. The maximum Gasteiger partial charge on any atom is 0.280 e. The number of nitrogens with zero attached hydrogens (tertiary/aromatic N) is 5. The van der Waals surface area contributed by atoms with E-state index in [4.69, 9.17) is 16.3 Å². The minimum Gasteiger partial charge on any atom is -0.470 e. The molecule has 0 aliphatic rings. The van der Waals surface area contributed by atoms with Crippen LogP contribution in [0.5, 0.6) is 5.88 Å². The normalized spacial score (nSPS) is 11.5. The van der Waals surface area contributed by atoms with Gasteiger partial charge in [-0.1, -0.05) is 29.8 Å². The molecule has 180 valence electrons. The lowest BCUT2D eigenvalue weighted by Crippen LogP contribution is -2.23. The van der Waals surface area contributed by atoms with Gasteiger partial charge < -0.3 is 9.84 Å². The fourth-order valence-electron chi connectivity index (χ4n) is 3.63. The van der Waals surface area contributed by atoms with Crippen LogP contribution < -0.4 is 10.3 Å². The predicted octanol–water partition coefficient (Wildman–Crippen LogP) is 4.47. The summed E-state index contributed by atoms with van der Waals surface area (Å²) in [6.07, 6.45) is 1.67. The molecular weight excluding hydrogens is 466 g/mol. The van der Waals surface area contributed by atoms with Crippen molar-refractivity contribution in [3.63, 3.8) is 0 Å². The monoisotopic (exact) mass is 491 g/mol. The highest BCUT2D eigenvalue weighted by Crippen LogP contribution is 2.27. The summed E-state index contributed by atoms with van der Waals surface area (Å²) in [5.41, 5.74) is 2.79. The van der Waals surface area contributed by atoms with Crippen molar-refractivity contribution in [1.29, 1.82) is 0 Å². The predicted molar refractivity (Wildman–Crippen MR) is 134 cm³/mol. The largest absolute Gasteiger partial charge is 0.470 e. The summed E-state index contributed by atoms with van der Waals surface area (Å²) in [7, 11) is 0. The Morgan fingerprint density at radius 3 is 2.51 bits per heavy atom. The Labute approximate surface area is 208 Å². The number of halogens is 1. The zero-order valence-corrected chi connectivity index (χ0v) is 21.0. The number of rotatable bonds is 6. The molecule has 0 amide bonds. The smallest absolute Gasteiger partial charge is 0.280 e. The molecule has 9 heteroatoms. The van der Waals surface area contributed by atoms with Gasteiger partial charge in [0.25, 0.3) is 5.56 Å². The lowest BCUT2D eigenvalue weighted by atomic mass is 10.0. The first kappa shape index (κ1) is 24.5. The second-order valence-corrected chi connectivity index (χ2v) is 9.19. The third-order valence-corrected chi connectivity index (χ3v) is 5.69. The molecule has 0 saturated carbocycles. The molecule has 0 atom stereocenters. The van der Waals surface area contributed by atoms with Crippen molar-refractivity contribution in [3.8, 4) is 22.8 Å². The Morgan fingerprint density at radius 2 is 1.80 bits per heavy atom. The van der Waals surface area contributed by atoms with Gasteiger partial charge in [-0.3, -0.25) is 14.3 Å². The van der Waals surface area contributed by atoms with Gasteiger partial charge in [0, 0.05) is 17.5 Å². The van der Waals surface area contributed by atoms with Gasteiger partial charge >= 0.3 is 0 Å². The van der Waals surface area contributed by atoms with E-state index in [2.05, 4.69) is 19.9 Å². The first-order valence-corrected chi connectivity index (χ1v) is 11.4. The number of aliphatic hydroxyl groups is 1. The molecule has 0 spiro atoms. The molecule has 0 saturated heterocycles. The average Bonchev–Trinajstić information content (AvgIpc) is 2.80. The SMILES string of the molecule is Cc1cccc(COc2nc(C)n(-c3cccc(-c4nc(C(C)(C)O)ncc4C)c3)c(=O)c2Cl)n1. The summed E-state index contributed by atoms with van der Waals surface area (Å²) in [5, 5.41) is 10.2. The van der Waals surface area contributed by atoms with E-state index >= 15 is 0 Å². The van der Waals surface area contributed by atoms with Crippen molar-refractivity contribution in [1.82, 2.24) is 24.5 Å². The molecule has 3 heterocycles. The Balaban J connectivity index is 1.71. The van der Waals surface area contributed by atoms with Crippen molar-refractivity contribution in [2.75, 3.05) is 0 Å². The van der Waals surface area contributed by atoms with Crippen LogP contribution in [0.3, 0.4) is 0 Å². The van der Waals surface area contributed by atoms with Gasteiger partial charge in [-0.25, -0.2) is 9.97 Å². The van der Waals surface area contributed by atoms with Crippen LogP contribution in [0.25, 0.3) is 16.9 Å². The summed E-state index contributed by atoms with van der Waals surface area (Å²) in [5.74, 6) is 0.790. The molecular formula is C26H26ClN5O3. The Kier molecular flexibility index (Phi) is 6.69. The lowest BCUT2D eigenvalue weighted by Gasteiger charge is -2.18. The van der Waals surface area contributed by atoms with Crippen LogP contribution in [0.4, 0.5) is 0 Å². The summed E-state index contributed by atoms with van der Waals surface area (Å²) < 4.78 is 7.15. The second-order valence-electron chi connectivity index (χ2n) is 8.81. The summed E-state index contributed by atoms with van der Waals surface area (Å²) in [6, 6.07) is 12.9. The zero-order chi connectivity index (χ0) is 25.3. The third kappa shape index (κ3) is 5.23. The Bertz CT molecular complexity index is 1460. The topological polar surface area (TPSA) is 103 Å². The highest BCUT2D eigenvalue weighted by atomic mass is 35.5. The van der Waals surface area contributed by atoms with E-state index < -0.39 is 11.2 Å². The van der Waals surface area contributed by atoms with E-state index in [1.807, 2.05) is 50.2 Å². The zero-order valence-electron chi connectivity index (χ0n) is 20.2. The van der Waals surface area contributed by atoms with Crippen LogP contribution >= 0.6 is 11.6 Å². The number of aromatic nitrogens is 5.